The molecule has 2 aliphatic heterocycles. The molecule has 5 nitrogen and oxygen atoms in total. The molecule has 1 aromatic rings. The van der Waals surface area contributed by atoms with Crippen LogP contribution in [0.3, 0.4) is 0 Å². The Balaban J connectivity index is 1.53. The normalized spacial score (nSPS) is 25.7. The summed E-state index contributed by atoms with van der Waals surface area (Å²) in [5, 5.41) is 3.93. The Morgan fingerprint density at radius 1 is 1.14 bits per heavy atom. The molecule has 3 rings (SSSR count). The quantitative estimate of drug-likeness (QED) is 0.704. The molecule has 2 aliphatic rings. The van der Waals surface area contributed by atoms with E-state index in [1.54, 1.807) is 18.2 Å². The monoisotopic (exact) mass is 439 g/mol. The second kappa shape index (κ2) is 8.93. The largest absolute Gasteiger partial charge is 0.352 e. The number of nitrogens with one attached hydrogen (secondary N) is 1. The second-order valence-electron chi connectivity index (χ2n) is 9.57. The van der Waals surface area contributed by atoms with E-state index in [-0.39, 0.29) is 17.1 Å². The summed E-state index contributed by atoms with van der Waals surface area (Å²) in [6, 6.07) is 5.21. The Kier molecular flexibility index (Phi) is 6.94. The van der Waals surface area contributed by atoms with Gasteiger partial charge in [-0.25, -0.2) is 0 Å². The zero-order chi connectivity index (χ0) is 21.3. The van der Waals surface area contributed by atoms with E-state index >= 15 is 0 Å². The predicted octanol–water partition coefficient (Wildman–Crippen LogP) is 3.91. The van der Waals surface area contributed by atoms with E-state index in [4.69, 9.17) is 28.9 Å². The van der Waals surface area contributed by atoms with Crippen molar-refractivity contribution in [3.8, 4) is 0 Å². The van der Waals surface area contributed by atoms with Gasteiger partial charge >= 0.3 is 0 Å². The Bertz CT molecular complexity index is 744. The van der Waals surface area contributed by atoms with Crippen molar-refractivity contribution in [2.45, 2.75) is 64.6 Å². The van der Waals surface area contributed by atoms with Gasteiger partial charge in [-0.05, 0) is 55.2 Å². The number of amides is 1. The molecular weight excluding hydrogens is 409 g/mol. The Morgan fingerprint density at radius 3 is 2.21 bits per heavy atom. The lowest BCUT2D eigenvalue weighted by atomic mass is 9.84. The number of carbonyl (C=O) groups is 2. The van der Waals surface area contributed by atoms with Gasteiger partial charge in [0.05, 0.1) is 12.6 Å². The predicted molar refractivity (Wildman–Crippen MR) is 117 cm³/mol. The number of fused-ring (bicyclic) bond motifs is 2. The molecule has 0 spiro atoms. The zero-order valence-electron chi connectivity index (χ0n) is 17.4. The number of hydrogen-bond donors (Lipinski definition) is 2. The van der Waals surface area contributed by atoms with Gasteiger partial charge in [0.15, 0.2) is 5.78 Å². The van der Waals surface area contributed by atoms with Crippen molar-refractivity contribution in [1.82, 2.24) is 10.2 Å². The summed E-state index contributed by atoms with van der Waals surface area (Å²) in [5.41, 5.74) is 6.42. The van der Waals surface area contributed by atoms with Gasteiger partial charge in [0.25, 0.3) is 5.91 Å². The third-order valence-corrected chi connectivity index (χ3v) is 6.71. The number of halogens is 2. The third kappa shape index (κ3) is 5.52. The fraction of sp³-hybridized carbons (Fsp3) is 0.636. The minimum absolute atomic E-state index is 0.124. The van der Waals surface area contributed by atoms with Crippen LogP contribution in [0.15, 0.2) is 18.2 Å². The van der Waals surface area contributed by atoms with Crippen LogP contribution >= 0.6 is 23.2 Å². The van der Waals surface area contributed by atoms with E-state index in [0.717, 1.165) is 25.7 Å². The van der Waals surface area contributed by atoms with E-state index in [1.165, 1.54) is 0 Å². The van der Waals surface area contributed by atoms with Crippen molar-refractivity contribution in [3.05, 3.63) is 33.8 Å². The van der Waals surface area contributed by atoms with Crippen LogP contribution in [0, 0.1) is 11.3 Å². The van der Waals surface area contributed by atoms with Gasteiger partial charge < -0.3 is 11.1 Å². The van der Waals surface area contributed by atoms with Crippen LogP contribution in [0.4, 0.5) is 0 Å². The first-order valence-corrected chi connectivity index (χ1v) is 11.1. The van der Waals surface area contributed by atoms with Crippen molar-refractivity contribution < 1.29 is 9.59 Å². The van der Waals surface area contributed by atoms with E-state index in [0.29, 0.717) is 46.7 Å². The van der Waals surface area contributed by atoms with Crippen molar-refractivity contribution in [3.63, 3.8) is 0 Å². The number of benzene rings is 1. The van der Waals surface area contributed by atoms with Gasteiger partial charge in [0.1, 0.15) is 0 Å². The van der Waals surface area contributed by atoms with E-state index in [2.05, 4.69) is 10.2 Å². The molecule has 2 fully saturated rings. The van der Waals surface area contributed by atoms with Crippen LogP contribution in [0.1, 0.15) is 56.8 Å². The number of nitrogens with zero attached hydrogens (tertiary/aromatic N) is 1. The Labute approximate surface area is 183 Å². The highest BCUT2D eigenvalue weighted by Crippen LogP contribution is 2.38. The number of hydrogen-bond acceptors (Lipinski definition) is 4. The van der Waals surface area contributed by atoms with Gasteiger partial charge in [-0.2, -0.15) is 0 Å². The van der Waals surface area contributed by atoms with Gasteiger partial charge in [-0.15, -0.1) is 0 Å². The fourth-order valence-corrected chi connectivity index (χ4v) is 5.12. The van der Waals surface area contributed by atoms with Crippen LogP contribution in [-0.4, -0.2) is 47.8 Å². The van der Waals surface area contributed by atoms with Crippen molar-refractivity contribution >= 4 is 34.9 Å². The highest BCUT2D eigenvalue weighted by molar-refractivity contribution is 6.35. The van der Waals surface area contributed by atoms with Crippen molar-refractivity contribution in [2.24, 2.45) is 17.1 Å². The molecule has 2 bridgehead atoms. The summed E-state index contributed by atoms with van der Waals surface area (Å²) < 4.78 is 0. The summed E-state index contributed by atoms with van der Waals surface area (Å²) in [7, 11) is 0. The van der Waals surface area contributed by atoms with Gasteiger partial charge in [0.2, 0.25) is 0 Å². The summed E-state index contributed by atoms with van der Waals surface area (Å²) in [4.78, 5) is 27.4. The maximum Gasteiger partial charge on any atom is 0.251 e. The molecule has 29 heavy (non-hydrogen) atoms. The maximum absolute atomic E-state index is 12.6. The molecule has 7 heteroatoms. The Morgan fingerprint density at radius 2 is 1.69 bits per heavy atom. The molecule has 1 aromatic carbocycles. The minimum atomic E-state index is -0.441. The molecular formula is C22H31Cl2N3O2. The minimum Gasteiger partial charge on any atom is -0.352 e. The number of Topliss-reactive ketones (excluding diaryl/α,β-unsaturated/α-hetero) is 1. The number of rotatable bonds is 6. The number of ketones is 1. The molecule has 0 saturated carbocycles. The highest BCUT2D eigenvalue weighted by atomic mass is 35.5. The number of piperidine rings is 1. The third-order valence-electron chi connectivity index (χ3n) is 6.28. The second-order valence-corrected chi connectivity index (χ2v) is 10.4. The van der Waals surface area contributed by atoms with E-state index < -0.39 is 6.04 Å². The lowest BCUT2D eigenvalue weighted by Gasteiger charge is -2.39. The maximum atomic E-state index is 12.6. The van der Waals surface area contributed by atoms with Crippen LogP contribution in [0.5, 0.6) is 0 Å². The van der Waals surface area contributed by atoms with E-state index in [1.807, 2.05) is 20.8 Å². The van der Waals surface area contributed by atoms with Gasteiger partial charge in [-0.1, -0.05) is 44.0 Å². The van der Waals surface area contributed by atoms with Crippen molar-refractivity contribution in [1.29, 1.82) is 0 Å². The molecule has 160 valence electrons. The molecule has 2 saturated heterocycles. The van der Waals surface area contributed by atoms with Crippen LogP contribution in [0.2, 0.25) is 10.0 Å². The summed E-state index contributed by atoms with van der Waals surface area (Å²) in [5.74, 6) is 0.378. The first-order valence-electron chi connectivity index (χ1n) is 10.3. The topological polar surface area (TPSA) is 75.4 Å². The molecule has 2 heterocycles. The SMILES string of the molecule is CC(C)(C)[C@H](N)C(=O)CN1[C@@H]2CC[C@H]1C[C@H](CNC(=O)c1cc(Cl)cc(Cl)c1)C2. The first kappa shape index (κ1) is 22.5. The van der Waals surface area contributed by atoms with Gasteiger partial charge in [0, 0.05) is 34.2 Å². The van der Waals surface area contributed by atoms with Gasteiger partial charge in [-0.3, -0.25) is 14.5 Å². The Hall–Kier alpha value is -1.14. The summed E-state index contributed by atoms with van der Waals surface area (Å²) in [6.45, 7) is 7.08. The molecule has 0 radical (unpaired) electrons. The zero-order valence-corrected chi connectivity index (χ0v) is 18.9. The number of nitrogens with two attached hydrogens (primary N) is 1. The molecule has 0 aromatic heterocycles. The average molecular weight is 440 g/mol. The average Bonchev–Trinajstić information content (AvgIpc) is 2.86. The summed E-state index contributed by atoms with van der Waals surface area (Å²) >= 11 is 12.0. The fourth-order valence-electron chi connectivity index (χ4n) is 4.60. The van der Waals surface area contributed by atoms with Crippen LogP contribution in [0.25, 0.3) is 0 Å². The molecule has 4 atom stereocenters. The summed E-state index contributed by atoms with van der Waals surface area (Å²) in [6.07, 6.45) is 4.20. The first-order chi connectivity index (χ1) is 13.5. The van der Waals surface area contributed by atoms with E-state index in [9.17, 15) is 9.59 Å². The van der Waals surface area contributed by atoms with Crippen molar-refractivity contribution in [2.75, 3.05) is 13.1 Å². The molecule has 1 amide bonds. The standard InChI is InChI=1S/C22H31Cl2N3O2/c1-22(2,3)20(25)19(28)12-27-17-4-5-18(27)7-13(6-17)11-26-21(29)14-8-15(23)10-16(24)9-14/h8-10,13,17-18,20H,4-7,11-12,25H2,1-3H3,(H,26,29)/t13-,17-,18+,20-/m1/s1. The smallest absolute Gasteiger partial charge is 0.251 e. The van der Waals surface area contributed by atoms with Crippen LogP contribution < -0.4 is 11.1 Å². The van der Waals surface area contributed by atoms with Crippen LogP contribution in [-0.2, 0) is 4.79 Å². The lowest BCUT2D eigenvalue weighted by molar-refractivity contribution is -0.124. The lowest BCUT2D eigenvalue weighted by Crippen LogP contribution is -2.52. The molecule has 0 unspecified atom stereocenters. The highest BCUT2D eigenvalue weighted by Gasteiger charge is 2.42. The number of carbonyl (C=O) groups excluding carboxylic acids is 2. The molecule has 3 N–H and O–H groups in total. The molecule has 0 aliphatic carbocycles.